The highest BCUT2D eigenvalue weighted by Gasteiger charge is 2.21. The molecule has 0 heterocycles. The van der Waals surface area contributed by atoms with Crippen molar-refractivity contribution in [2.24, 2.45) is 0 Å². The van der Waals surface area contributed by atoms with Crippen LogP contribution in [0.3, 0.4) is 0 Å². The summed E-state index contributed by atoms with van der Waals surface area (Å²) in [7, 11) is 0. The lowest BCUT2D eigenvalue weighted by molar-refractivity contribution is -0.110. The zero-order valence-electron chi connectivity index (χ0n) is 10.0. The molecular weight excluding hydrogens is 198 g/mol. The number of hydrogen-bond acceptors (Lipinski definition) is 1. The Morgan fingerprint density at radius 3 is 2.06 bits per heavy atom. The van der Waals surface area contributed by atoms with Gasteiger partial charge in [0.15, 0.2) is 0 Å². The first-order valence-corrected chi connectivity index (χ1v) is 6.11. The van der Waals surface area contributed by atoms with Crippen molar-refractivity contribution >= 4 is 6.41 Å². The van der Waals surface area contributed by atoms with E-state index in [2.05, 4.69) is 31.3 Å². The van der Waals surface area contributed by atoms with Crippen molar-refractivity contribution in [2.45, 2.75) is 45.6 Å². The summed E-state index contributed by atoms with van der Waals surface area (Å²) >= 11 is 0. The fraction of sp³-hybridized carbons (Fsp3) is 0.500. The topological polar surface area (TPSA) is 29.1 Å². The van der Waals surface area contributed by atoms with Gasteiger partial charge in [-0.1, -0.05) is 26.0 Å². The summed E-state index contributed by atoms with van der Waals surface area (Å²) in [5.74, 6) is 0. The smallest absolute Gasteiger partial charge is 0.207 e. The summed E-state index contributed by atoms with van der Waals surface area (Å²) in [6, 6.07) is 4.98. The van der Waals surface area contributed by atoms with Crippen molar-refractivity contribution in [3.8, 4) is 0 Å². The van der Waals surface area contributed by atoms with Gasteiger partial charge in [-0.05, 0) is 47.9 Å². The molecule has 2 rings (SSSR count). The number of aryl methyl sites for hydroxylation is 2. The van der Waals surface area contributed by atoms with Gasteiger partial charge in [-0.25, -0.2) is 0 Å². The van der Waals surface area contributed by atoms with Crippen LogP contribution in [0.2, 0.25) is 0 Å². The van der Waals surface area contributed by atoms with Crippen molar-refractivity contribution in [2.75, 3.05) is 0 Å². The molecule has 0 saturated carbocycles. The fourth-order valence-electron chi connectivity index (χ4n) is 2.65. The summed E-state index contributed by atoms with van der Waals surface area (Å²) in [5, 5.41) is 2.89. The monoisotopic (exact) mass is 217 g/mol. The van der Waals surface area contributed by atoms with E-state index in [-0.39, 0.29) is 0 Å². The number of amides is 1. The average Bonchev–Trinajstić information content (AvgIpc) is 2.68. The molecule has 2 nitrogen and oxygen atoms in total. The fourth-order valence-corrected chi connectivity index (χ4v) is 2.65. The summed E-state index contributed by atoms with van der Waals surface area (Å²) in [5.41, 5.74) is 5.78. The molecule has 0 atom stereocenters. The van der Waals surface area contributed by atoms with E-state index in [1.807, 2.05) is 0 Å². The van der Waals surface area contributed by atoms with Gasteiger partial charge >= 0.3 is 0 Å². The van der Waals surface area contributed by atoms with Crippen LogP contribution in [0, 0.1) is 0 Å². The molecular formula is C14H19NO. The Morgan fingerprint density at radius 1 is 1.19 bits per heavy atom. The molecule has 1 N–H and O–H groups in total. The zero-order valence-corrected chi connectivity index (χ0v) is 10.0. The van der Waals surface area contributed by atoms with E-state index in [0.717, 1.165) is 32.1 Å². The lowest BCUT2D eigenvalue weighted by Crippen LogP contribution is -2.27. The molecule has 1 aliphatic carbocycles. The lowest BCUT2D eigenvalue weighted by Gasteiger charge is -2.09. The van der Waals surface area contributed by atoms with E-state index >= 15 is 0 Å². The van der Waals surface area contributed by atoms with Crippen LogP contribution < -0.4 is 5.32 Å². The molecule has 1 aliphatic rings. The van der Waals surface area contributed by atoms with Crippen LogP contribution in [0.15, 0.2) is 12.1 Å². The van der Waals surface area contributed by atoms with Gasteiger partial charge in [0.1, 0.15) is 0 Å². The number of benzene rings is 1. The van der Waals surface area contributed by atoms with Crippen LogP contribution in [0.5, 0.6) is 0 Å². The van der Waals surface area contributed by atoms with E-state index in [1.54, 1.807) is 0 Å². The van der Waals surface area contributed by atoms with Gasteiger partial charge in [0.05, 0.1) is 0 Å². The van der Waals surface area contributed by atoms with Crippen LogP contribution in [0.4, 0.5) is 0 Å². The first-order valence-electron chi connectivity index (χ1n) is 6.11. The van der Waals surface area contributed by atoms with Crippen molar-refractivity contribution in [3.63, 3.8) is 0 Å². The Hall–Kier alpha value is -1.31. The minimum absolute atomic E-state index is 0.310. The molecule has 2 heteroatoms. The number of fused-ring (bicyclic) bond motifs is 1. The van der Waals surface area contributed by atoms with Gasteiger partial charge in [-0.2, -0.15) is 0 Å². The minimum Gasteiger partial charge on any atom is -0.355 e. The maximum Gasteiger partial charge on any atom is 0.207 e. The average molecular weight is 217 g/mol. The molecule has 1 amide bonds. The van der Waals surface area contributed by atoms with Crippen LogP contribution in [0.25, 0.3) is 0 Å². The quantitative estimate of drug-likeness (QED) is 0.768. The summed E-state index contributed by atoms with van der Waals surface area (Å²) in [6.45, 7) is 4.41. The molecule has 86 valence electrons. The number of nitrogens with one attached hydrogen (secondary N) is 1. The molecule has 0 aliphatic heterocycles. The van der Waals surface area contributed by atoms with Crippen molar-refractivity contribution in [1.29, 1.82) is 0 Å². The maximum absolute atomic E-state index is 10.4. The SMILES string of the molecule is CCc1cc2c(cc1CC)CC(NC=O)C2. The highest BCUT2D eigenvalue weighted by atomic mass is 16.1. The first-order chi connectivity index (χ1) is 7.78. The Bertz CT molecular complexity index is 365. The summed E-state index contributed by atoms with van der Waals surface area (Å²) < 4.78 is 0. The van der Waals surface area contributed by atoms with Gasteiger partial charge < -0.3 is 5.32 Å². The van der Waals surface area contributed by atoms with Gasteiger partial charge in [0.2, 0.25) is 6.41 Å². The summed E-state index contributed by atoms with van der Waals surface area (Å²) in [4.78, 5) is 10.4. The molecule has 0 aromatic heterocycles. The highest BCUT2D eigenvalue weighted by Crippen LogP contribution is 2.26. The minimum atomic E-state index is 0.310. The second-order valence-corrected chi connectivity index (χ2v) is 4.49. The molecule has 0 spiro atoms. The number of carbonyl (C=O) groups is 1. The first kappa shape index (κ1) is 11.2. The molecule has 0 saturated heterocycles. The zero-order chi connectivity index (χ0) is 11.5. The van der Waals surface area contributed by atoms with E-state index < -0.39 is 0 Å². The van der Waals surface area contributed by atoms with E-state index in [9.17, 15) is 4.79 Å². The Kier molecular flexibility index (Phi) is 3.28. The molecule has 0 radical (unpaired) electrons. The third-order valence-electron chi connectivity index (χ3n) is 3.52. The number of hydrogen-bond donors (Lipinski definition) is 1. The normalized spacial score (nSPS) is 14.9. The second kappa shape index (κ2) is 4.69. The van der Waals surface area contributed by atoms with Crippen LogP contribution in [0.1, 0.15) is 36.1 Å². The Labute approximate surface area is 97.1 Å². The second-order valence-electron chi connectivity index (χ2n) is 4.49. The van der Waals surface area contributed by atoms with E-state index in [4.69, 9.17) is 0 Å². The standard InChI is InChI=1S/C14H19NO/c1-3-10-5-12-7-14(15-9-16)8-13(12)6-11(10)4-2/h5-6,9,14H,3-4,7-8H2,1-2H3,(H,15,16). The third-order valence-corrected chi connectivity index (χ3v) is 3.52. The van der Waals surface area contributed by atoms with Crippen molar-refractivity contribution in [1.82, 2.24) is 5.32 Å². The van der Waals surface area contributed by atoms with Gasteiger partial charge in [-0.3, -0.25) is 4.79 Å². The molecule has 0 bridgehead atoms. The number of carbonyl (C=O) groups excluding carboxylic acids is 1. The number of rotatable bonds is 4. The van der Waals surface area contributed by atoms with Gasteiger partial charge in [0.25, 0.3) is 0 Å². The van der Waals surface area contributed by atoms with Crippen LogP contribution >= 0.6 is 0 Å². The van der Waals surface area contributed by atoms with Crippen molar-refractivity contribution < 1.29 is 4.79 Å². The predicted octanol–water partition coefficient (Wildman–Crippen LogP) is 2.02. The maximum atomic E-state index is 10.4. The van der Waals surface area contributed by atoms with E-state index in [1.165, 1.54) is 22.3 Å². The summed E-state index contributed by atoms with van der Waals surface area (Å²) in [6.07, 6.45) is 5.00. The largest absolute Gasteiger partial charge is 0.355 e. The predicted molar refractivity (Wildman–Crippen MR) is 65.6 cm³/mol. The molecule has 1 aromatic rings. The Balaban J connectivity index is 2.28. The van der Waals surface area contributed by atoms with Crippen LogP contribution in [-0.4, -0.2) is 12.5 Å². The molecule has 1 aromatic carbocycles. The lowest BCUT2D eigenvalue weighted by atomic mass is 9.97. The van der Waals surface area contributed by atoms with E-state index in [0.29, 0.717) is 6.04 Å². The molecule has 16 heavy (non-hydrogen) atoms. The van der Waals surface area contributed by atoms with Gasteiger partial charge in [-0.15, -0.1) is 0 Å². The highest BCUT2D eigenvalue weighted by molar-refractivity contribution is 5.49. The van der Waals surface area contributed by atoms with Crippen molar-refractivity contribution in [3.05, 3.63) is 34.4 Å². The molecule has 0 unspecified atom stereocenters. The van der Waals surface area contributed by atoms with Gasteiger partial charge in [0, 0.05) is 6.04 Å². The third kappa shape index (κ3) is 1.97. The Morgan fingerprint density at radius 2 is 1.69 bits per heavy atom. The van der Waals surface area contributed by atoms with Crippen LogP contribution in [-0.2, 0) is 30.5 Å². The molecule has 0 fully saturated rings.